The van der Waals surface area contributed by atoms with Gasteiger partial charge in [0.05, 0.1) is 18.6 Å². The maximum absolute atomic E-state index is 14.0. The number of rotatable bonds is 7. The van der Waals surface area contributed by atoms with Gasteiger partial charge in [-0.25, -0.2) is 9.18 Å². The number of allylic oxidation sites excluding steroid dienone is 1. The standard InChI is InChI=1S/C31H22ClFN2O5/c1-37-28-14-18(9-12-26(28)38-17-20-5-2-3-8-25(20)33)29-23-11-10-22(15-27(23)40-30(35)24(29)16-34)39-31(36)19-6-4-7-21(32)13-19/h2-15,29H,17,35H2,1H3. The lowest BCUT2D eigenvalue weighted by Crippen LogP contribution is -2.21. The summed E-state index contributed by atoms with van der Waals surface area (Å²) < 4.78 is 36.7. The first kappa shape index (κ1) is 26.6. The van der Waals surface area contributed by atoms with Crippen molar-refractivity contribution < 1.29 is 28.1 Å². The number of hydrogen-bond donors (Lipinski definition) is 1. The summed E-state index contributed by atoms with van der Waals surface area (Å²) in [7, 11) is 1.49. The number of hydrogen-bond acceptors (Lipinski definition) is 7. The van der Waals surface area contributed by atoms with Crippen molar-refractivity contribution >= 4 is 17.6 Å². The number of carbonyl (C=O) groups is 1. The van der Waals surface area contributed by atoms with Crippen LogP contribution in [0.2, 0.25) is 5.02 Å². The van der Waals surface area contributed by atoms with Gasteiger partial charge >= 0.3 is 5.97 Å². The van der Waals surface area contributed by atoms with Crippen LogP contribution in [0.5, 0.6) is 23.0 Å². The van der Waals surface area contributed by atoms with Crippen LogP contribution in [-0.2, 0) is 6.61 Å². The Morgan fingerprint density at radius 3 is 2.62 bits per heavy atom. The van der Waals surface area contributed by atoms with Gasteiger partial charge < -0.3 is 24.7 Å². The second-order valence-electron chi connectivity index (χ2n) is 8.81. The summed E-state index contributed by atoms with van der Waals surface area (Å²) in [5.74, 6) is -0.272. The quantitative estimate of drug-likeness (QED) is 0.204. The van der Waals surface area contributed by atoms with Gasteiger partial charge in [0, 0.05) is 22.2 Å². The maximum Gasteiger partial charge on any atom is 0.343 e. The summed E-state index contributed by atoms with van der Waals surface area (Å²) in [4.78, 5) is 12.6. The third-order valence-electron chi connectivity index (χ3n) is 6.32. The number of benzene rings is 4. The Morgan fingerprint density at radius 2 is 1.88 bits per heavy atom. The molecule has 0 amide bonds. The molecule has 0 saturated carbocycles. The summed E-state index contributed by atoms with van der Waals surface area (Å²) in [5.41, 5.74) is 8.36. The van der Waals surface area contributed by atoms with E-state index < -0.39 is 11.9 Å². The monoisotopic (exact) mass is 556 g/mol. The lowest BCUT2D eigenvalue weighted by molar-refractivity contribution is 0.0734. The van der Waals surface area contributed by atoms with E-state index in [1.165, 1.54) is 25.3 Å². The molecule has 9 heteroatoms. The minimum atomic E-state index is -0.596. The summed E-state index contributed by atoms with van der Waals surface area (Å²) in [6.45, 7) is 0.00939. The van der Waals surface area contributed by atoms with Gasteiger partial charge in [-0.1, -0.05) is 48.0 Å². The highest BCUT2D eigenvalue weighted by Crippen LogP contribution is 2.45. The summed E-state index contributed by atoms with van der Waals surface area (Å²) in [6, 6.07) is 24.9. The number of nitrogens with two attached hydrogens (primary N) is 1. The minimum Gasteiger partial charge on any atom is -0.493 e. The Kier molecular flexibility index (Phi) is 7.58. The predicted molar refractivity (Wildman–Crippen MR) is 146 cm³/mol. The first-order valence-corrected chi connectivity index (χ1v) is 12.5. The average molecular weight is 557 g/mol. The molecule has 7 nitrogen and oxygen atoms in total. The first-order chi connectivity index (χ1) is 19.4. The van der Waals surface area contributed by atoms with Gasteiger partial charge in [-0.05, 0) is 48.0 Å². The number of ether oxygens (including phenoxy) is 4. The van der Waals surface area contributed by atoms with Crippen molar-refractivity contribution in [3.8, 4) is 29.1 Å². The topological polar surface area (TPSA) is 104 Å². The highest BCUT2D eigenvalue weighted by Gasteiger charge is 2.32. The maximum atomic E-state index is 14.0. The normalized spacial score (nSPS) is 14.0. The smallest absolute Gasteiger partial charge is 0.343 e. The van der Waals surface area contributed by atoms with Gasteiger partial charge in [0.15, 0.2) is 11.5 Å². The predicted octanol–water partition coefficient (Wildman–Crippen LogP) is 6.50. The fraction of sp³-hybridized carbons (Fsp3) is 0.0968. The Morgan fingerprint density at radius 1 is 1.05 bits per heavy atom. The molecule has 1 heterocycles. The van der Waals surface area contributed by atoms with Crippen LogP contribution in [0.25, 0.3) is 0 Å². The molecule has 0 radical (unpaired) electrons. The Labute approximate surface area is 234 Å². The largest absolute Gasteiger partial charge is 0.493 e. The fourth-order valence-corrected chi connectivity index (χ4v) is 4.57. The van der Waals surface area contributed by atoms with Crippen LogP contribution in [0.3, 0.4) is 0 Å². The molecule has 1 atom stereocenters. The zero-order valence-electron chi connectivity index (χ0n) is 21.2. The van der Waals surface area contributed by atoms with Crippen LogP contribution in [0.15, 0.2) is 96.4 Å². The van der Waals surface area contributed by atoms with Crippen molar-refractivity contribution in [3.05, 3.63) is 129 Å². The summed E-state index contributed by atoms with van der Waals surface area (Å²) in [5, 5.41) is 10.3. The minimum absolute atomic E-state index is 0.00939. The van der Waals surface area contributed by atoms with Gasteiger partial charge in [-0.2, -0.15) is 5.26 Å². The molecule has 0 fully saturated rings. The van der Waals surface area contributed by atoms with Crippen molar-refractivity contribution in [2.24, 2.45) is 5.73 Å². The Bertz CT molecular complexity index is 1680. The molecule has 0 aromatic heterocycles. The lowest BCUT2D eigenvalue weighted by atomic mass is 9.83. The molecule has 4 aromatic rings. The van der Waals surface area contributed by atoms with Crippen molar-refractivity contribution in [2.45, 2.75) is 12.5 Å². The molecule has 0 spiro atoms. The van der Waals surface area contributed by atoms with E-state index in [9.17, 15) is 14.4 Å². The van der Waals surface area contributed by atoms with E-state index in [0.717, 1.165) is 0 Å². The van der Waals surface area contributed by atoms with E-state index in [1.54, 1.807) is 66.7 Å². The molecule has 1 unspecified atom stereocenters. The van der Waals surface area contributed by atoms with E-state index in [2.05, 4.69) is 6.07 Å². The van der Waals surface area contributed by atoms with Gasteiger partial charge in [-0.3, -0.25) is 0 Å². The number of nitriles is 1. The second-order valence-corrected chi connectivity index (χ2v) is 9.25. The van der Waals surface area contributed by atoms with E-state index >= 15 is 0 Å². The van der Waals surface area contributed by atoms with Gasteiger partial charge in [-0.15, -0.1) is 0 Å². The van der Waals surface area contributed by atoms with Crippen molar-refractivity contribution in [3.63, 3.8) is 0 Å². The van der Waals surface area contributed by atoms with Crippen LogP contribution < -0.4 is 24.7 Å². The zero-order chi connectivity index (χ0) is 28.2. The van der Waals surface area contributed by atoms with E-state index in [-0.39, 0.29) is 29.6 Å². The van der Waals surface area contributed by atoms with Crippen molar-refractivity contribution in [2.75, 3.05) is 7.11 Å². The fourth-order valence-electron chi connectivity index (χ4n) is 4.38. The van der Waals surface area contributed by atoms with Crippen LogP contribution in [-0.4, -0.2) is 13.1 Å². The van der Waals surface area contributed by atoms with Crippen LogP contribution in [0.1, 0.15) is 33.0 Å². The van der Waals surface area contributed by atoms with Crippen LogP contribution in [0.4, 0.5) is 4.39 Å². The number of nitrogens with zero attached hydrogens (tertiary/aromatic N) is 1. The van der Waals surface area contributed by atoms with E-state index in [0.29, 0.717) is 44.5 Å². The van der Waals surface area contributed by atoms with Gasteiger partial charge in [0.25, 0.3) is 0 Å². The van der Waals surface area contributed by atoms with E-state index in [4.69, 9.17) is 36.3 Å². The Balaban J connectivity index is 1.44. The number of esters is 1. The summed E-state index contributed by atoms with van der Waals surface area (Å²) in [6.07, 6.45) is 0. The van der Waals surface area contributed by atoms with Crippen LogP contribution in [0, 0.1) is 17.1 Å². The average Bonchev–Trinajstić information content (AvgIpc) is 2.96. The molecule has 0 bridgehead atoms. The second kappa shape index (κ2) is 11.4. The van der Waals surface area contributed by atoms with Crippen molar-refractivity contribution in [1.29, 1.82) is 5.26 Å². The van der Waals surface area contributed by atoms with E-state index in [1.807, 2.05) is 0 Å². The molecule has 40 heavy (non-hydrogen) atoms. The molecule has 1 aliphatic rings. The molecule has 1 aliphatic heterocycles. The highest BCUT2D eigenvalue weighted by molar-refractivity contribution is 6.30. The lowest BCUT2D eigenvalue weighted by Gasteiger charge is -2.27. The molecule has 4 aromatic carbocycles. The molecular weight excluding hydrogens is 535 g/mol. The first-order valence-electron chi connectivity index (χ1n) is 12.1. The van der Waals surface area contributed by atoms with Crippen LogP contribution >= 0.6 is 11.6 Å². The number of halogens is 2. The molecule has 200 valence electrons. The molecule has 0 aliphatic carbocycles. The molecular formula is C31H22ClFN2O5. The molecule has 0 saturated heterocycles. The summed E-state index contributed by atoms with van der Waals surface area (Å²) >= 11 is 5.98. The number of fused-ring (bicyclic) bond motifs is 1. The number of methoxy groups -OCH3 is 1. The van der Waals surface area contributed by atoms with Gasteiger partial charge in [0.2, 0.25) is 5.88 Å². The third-order valence-corrected chi connectivity index (χ3v) is 6.56. The molecule has 2 N–H and O–H groups in total. The zero-order valence-corrected chi connectivity index (χ0v) is 21.9. The SMILES string of the molecule is COc1cc(C2C(C#N)=C(N)Oc3cc(OC(=O)c4cccc(Cl)c4)ccc32)ccc1OCc1ccccc1F. The third kappa shape index (κ3) is 5.41. The van der Waals surface area contributed by atoms with Gasteiger partial charge in [0.1, 0.15) is 35.6 Å². The van der Waals surface area contributed by atoms with Crippen molar-refractivity contribution in [1.82, 2.24) is 0 Å². The molecule has 5 rings (SSSR count). The number of carbonyl (C=O) groups excluding carboxylic acids is 1. The Hall–Kier alpha value is -5.00. The highest BCUT2D eigenvalue weighted by atomic mass is 35.5.